The van der Waals surface area contributed by atoms with Crippen molar-refractivity contribution in [2.24, 2.45) is 0 Å². The van der Waals surface area contributed by atoms with Gasteiger partial charge in [0.05, 0.1) is 37.0 Å². The number of anilines is 1. The second-order valence-electron chi connectivity index (χ2n) is 9.71. The Balaban J connectivity index is 1.50. The maximum absolute atomic E-state index is 14.9. The maximum atomic E-state index is 14.9. The molecule has 11 heteroatoms. The number of piperazine rings is 1. The van der Waals surface area contributed by atoms with E-state index in [2.05, 4.69) is 6.58 Å². The number of phenols is 1. The Kier molecular flexibility index (Phi) is 5.95. The van der Waals surface area contributed by atoms with Crippen molar-refractivity contribution in [3.8, 4) is 22.8 Å². The Morgan fingerprint density at radius 2 is 2.05 bits per heavy atom. The van der Waals surface area contributed by atoms with Crippen LogP contribution in [0.1, 0.15) is 23.2 Å². The Bertz CT molecular complexity index is 1290. The zero-order valence-electron chi connectivity index (χ0n) is 20.0. The summed E-state index contributed by atoms with van der Waals surface area (Å²) < 4.78 is 26.8. The quantitative estimate of drug-likeness (QED) is 0.612. The van der Waals surface area contributed by atoms with Gasteiger partial charge in [-0.2, -0.15) is 0 Å². The van der Waals surface area contributed by atoms with Gasteiger partial charge >= 0.3 is 0 Å². The topological polar surface area (TPSA) is 95.4 Å². The first-order valence-electron chi connectivity index (χ1n) is 12.3. The minimum absolute atomic E-state index is 0.000871. The van der Waals surface area contributed by atoms with E-state index in [0.29, 0.717) is 45.0 Å². The number of carbonyl (C=O) groups is 2. The zero-order chi connectivity index (χ0) is 25.8. The normalized spacial score (nSPS) is 24.8. The second kappa shape index (κ2) is 9.18. The van der Waals surface area contributed by atoms with Gasteiger partial charge in [0, 0.05) is 32.6 Å². The third-order valence-electron chi connectivity index (χ3n) is 7.62. The molecule has 1 aromatic heterocycles. The van der Waals surface area contributed by atoms with E-state index in [9.17, 15) is 19.1 Å². The summed E-state index contributed by atoms with van der Waals surface area (Å²) in [4.78, 5) is 36.5. The first kappa shape index (κ1) is 24.0. The fraction of sp³-hybridized carbons (Fsp3) is 0.423. The summed E-state index contributed by atoms with van der Waals surface area (Å²) in [5, 5.41) is 10.5. The number of pyridine rings is 1. The Hall–Kier alpha value is -3.37. The number of aromatic hydroxyl groups is 1. The van der Waals surface area contributed by atoms with Crippen LogP contribution in [-0.4, -0.2) is 89.3 Å². The van der Waals surface area contributed by atoms with Crippen LogP contribution in [0, 0.1) is 5.82 Å². The standard InChI is InChI=1S/C26H26ClFN4O5/c1-2-19(34)30-7-8-31-14(11-30)6-9-36-24-21(26(31)35)25(32-12-16-10-15(32)13-37-16)29-23(22(24)27)20-17(28)4-3-5-18(20)33/h2-5,14-16,33H,1,6-13H2/t14-,15-,16?/m0/s1. The summed E-state index contributed by atoms with van der Waals surface area (Å²) >= 11 is 6.77. The lowest BCUT2D eigenvalue weighted by Gasteiger charge is -2.43. The highest BCUT2D eigenvalue weighted by molar-refractivity contribution is 6.35. The molecule has 0 spiro atoms. The molecule has 3 atom stereocenters. The van der Waals surface area contributed by atoms with Crippen molar-refractivity contribution in [2.75, 3.05) is 44.3 Å². The van der Waals surface area contributed by atoms with Crippen LogP contribution in [0.4, 0.5) is 10.2 Å². The molecular formula is C26H26ClFN4O5. The van der Waals surface area contributed by atoms with Gasteiger partial charge in [-0.3, -0.25) is 9.59 Å². The predicted molar refractivity (Wildman–Crippen MR) is 134 cm³/mol. The van der Waals surface area contributed by atoms with Gasteiger partial charge in [-0.15, -0.1) is 0 Å². The summed E-state index contributed by atoms with van der Waals surface area (Å²) in [6, 6.07) is 3.72. The number of rotatable bonds is 3. The van der Waals surface area contributed by atoms with Crippen molar-refractivity contribution in [2.45, 2.75) is 31.0 Å². The molecule has 9 nitrogen and oxygen atoms in total. The largest absolute Gasteiger partial charge is 0.507 e. The minimum Gasteiger partial charge on any atom is -0.507 e. The number of morpholine rings is 1. The van der Waals surface area contributed by atoms with Crippen molar-refractivity contribution < 1.29 is 28.6 Å². The lowest BCUT2D eigenvalue weighted by Crippen LogP contribution is -2.57. The van der Waals surface area contributed by atoms with Crippen LogP contribution in [-0.2, 0) is 9.53 Å². The fourth-order valence-electron chi connectivity index (χ4n) is 5.78. The van der Waals surface area contributed by atoms with Gasteiger partial charge in [0.15, 0.2) is 5.75 Å². The van der Waals surface area contributed by atoms with E-state index in [4.69, 9.17) is 26.1 Å². The molecule has 4 aliphatic rings. The van der Waals surface area contributed by atoms with Crippen LogP contribution in [0.25, 0.3) is 11.3 Å². The van der Waals surface area contributed by atoms with E-state index in [1.54, 1.807) is 9.80 Å². The number of hydrogen-bond acceptors (Lipinski definition) is 7. The molecule has 0 aliphatic carbocycles. The molecule has 5 heterocycles. The van der Waals surface area contributed by atoms with Crippen LogP contribution < -0.4 is 9.64 Å². The van der Waals surface area contributed by atoms with Crippen molar-refractivity contribution in [3.05, 3.63) is 47.3 Å². The zero-order valence-corrected chi connectivity index (χ0v) is 20.8. The third-order valence-corrected chi connectivity index (χ3v) is 7.97. The highest BCUT2D eigenvalue weighted by Crippen LogP contribution is 2.47. The van der Waals surface area contributed by atoms with E-state index in [0.717, 1.165) is 6.42 Å². The summed E-state index contributed by atoms with van der Waals surface area (Å²) in [5.74, 6) is -1.02. The molecule has 1 N–H and O–H groups in total. The van der Waals surface area contributed by atoms with Crippen molar-refractivity contribution in [1.82, 2.24) is 14.8 Å². The smallest absolute Gasteiger partial charge is 0.261 e. The SMILES string of the molecule is C=CC(=O)N1CCN2C(=O)c3c(N4CC5C[C@H]4CO5)nc(-c4c(O)cccc4F)c(Cl)c3OCC[C@H]2C1. The minimum atomic E-state index is -0.688. The molecule has 2 bridgehead atoms. The van der Waals surface area contributed by atoms with Crippen LogP contribution in [0.5, 0.6) is 11.5 Å². The van der Waals surface area contributed by atoms with E-state index < -0.39 is 5.82 Å². The van der Waals surface area contributed by atoms with Gasteiger partial charge in [0.25, 0.3) is 5.91 Å². The molecule has 1 aromatic carbocycles. The maximum Gasteiger partial charge on any atom is 0.261 e. The molecule has 4 aliphatic heterocycles. The predicted octanol–water partition coefficient (Wildman–Crippen LogP) is 2.85. The Morgan fingerprint density at radius 3 is 2.76 bits per heavy atom. The lowest BCUT2D eigenvalue weighted by molar-refractivity contribution is -0.128. The molecule has 0 saturated carbocycles. The highest BCUT2D eigenvalue weighted by atomic mass is 35.5. The molecule has 2 aromatic rings. The number of hydrogen-bond donors (Lipinski definition) is 1. The summed E-state index contributed by atoms with van der Waals surface area (Å²) in [5.41, 5.74) is 0.0797. The number of aromatic nitrogens is 1. The second-order valence-corrected chi connectivity index (χ2v) is 10.1. The average Bonchev–Trinajstić information content (AvgIpc) is 3.52. The first-order valence-corrected chi connectivity index (χ1v) is 12.7. The highest BCUT2D eigenvalue weighted by Gasteiger charge is 2.45. The van der Waals surface area contributed by atoms with Crippen molar-refractivity contribution in [1.29, 1.82) is 0 Å². The number of amides is 2. The van der Waals surface area contributed by atoms with Crippen molar-refractivity contribution >= 4 is 29.2 Å². The third kappa shape index (κ3) is 3.90. The van der Waals surface area contributed by atoms with Crippen LogP contribution >= 0.6 is 11.6 Å². The van der Waals surface area contributed by atoms with Gasteiger partial charge in [-0.25, -0.2) is 9.37 Å². The molecule has 2 amide bonds. The summed E-state index contributed by atoms with van der Waals surface area (Å²) in [6.45, 7) is 5.89. The molecule has 0 radical (unpaired) electrons. The number of fused-ring (bicyclic) bond motifs is 4. The van der Waals surface area contributed by atoms with Crippen molar-refractivity contribution in [3.63, 3.8) is 0 Å². The molecule has 194 valence electrons. The number of phenolic OH excluding ortho intramolecular Hbond substituents is 1. The Morgan fingerprint density at radius 1 is 1.22 bits per heavy atom. The van der Waals surface area contributed by atoms with Gasteiger partial charge in [-0.05, 0) is 24.6 Å². The Labute approximate surface area is 218 Å². The fourth-order valence-corrected chi connectivity index (χ4v) is 6.06. The number of ether oxygens (including phenoxy) is 2. The van der Waals surface area contributed by atoms with Gasteiger partial charge in [-0.1, -0.05) is 24.2 Å². The number of benzene rings is 1. The first-order chi connectivity index (χ1) is 17.9. The number of halogens is 2. The van der Waals surface area contributed by atoms with Crippen LogP contribution in [0.2, 0.25) is 5.02 Å². The molecule has 3 fully saturated rings. The van der Waals surface area contributed by atoms with Crippen LogP contribution in [0.15, 0.2) is 30.9 Å². The van der Waals surface area contributed by atoms with E-state index in [1.165, 1.54) is 24.3 Å². The summed E-state index contributed by atoms with van der Waals surface area (Å²) in [6.07, 6.45) is 2.55. The van der Waals surface area contributed by atoms with Gasteiger partial charge in [0.1, 0.15) is 33.7 Å². The molecular weight excluding hydrogens is 503 g/mol. The molecule has 1 unspecified atom stereocenters. The average molecular weight is 529 g/mol. The van der Waals surface area contributed by atoms with E-state index >= 15 is 0 Å². The van der Waals surface area contributed by atoms with E-state index in [-0.39, 0.29) is 70.0 Å². The summed E-state index contributed by atoms with van der Waals surface area (Å²) in [7, 11) is 0. The van der Waals surface area contributed by atoms with Crippen LogP contribution in [0.3, 0.4) is 0 Å². The van der Waals surface area contributed by atoms with E-state index in [1.807, 2.05) is 4.90 Å². The van der Waals surface area contributed by atoms with Gasteiger partial charge in [0.2, 0.25) is 5.91 Å². The molecule has 37 heavy (non-hydrogen) atoms. The lowest BCUT2D eigenvalue weighted by atomic mass is 10.0. The monoisotopic (exact) mass is 528 g/mol. The number of nitrogens with zero attached hydrogens (tertiary/aromatic N) is 4. The van der Waals surface area contributed by atoms with Gasteiger partial charge < -0.3 is 29.3 Å². The molecule has 6 rings (SSSR count). The number of carbonyl (C=O) groups excluding carboxylic acids is 2. The molecule has 3 saturated heterocycles.